The number of aromatic nitrogens is 2. The van der Waals surface area contributed by atoms with Crippen molar-refractivity contribution in [2.24, 2.45) is 0 Å². The summed E-state index contributed by atoms with van der Waals surface area (Å²) in [5, 5.41) is 7.15. The predicted octanol–water partition coefficient (Wildman–Crippen LogP) is 1.19. The van der Waals surface area contributed by atoms with Crippen molar-refractivity contribution in [3.8, 4) is 0 Å². The Morgan fingerprint density at radius 3 is 2.77 bits per heavy atom. The van der Waals surface area contributed by atoms with Crippen molar-refractivity contribution < 1.29 is 9.59 Å². The molecular formula is C9H6N2O2. The quantitative estimate of drug-likeness (QED) is 0.695. The highest BCUT2D eigenvalue weighted by Gasteiger charge is 2.03. The normalized spacial score (nSPS) is 10.2. The van der Waals surface area contributed by atoms with Crippen LogP contribution in [-0.2, 0) is 0 Å². The molecule has 0 unspecified atom stereocenters. The van der Waals surface area contributed by atoms with E-state index in [1.54, 1.807) is 18.2 Å². The van der Waals surface area contributed by atoms with Crippen molar-refractivity contribution in [1.29, 1.82) is 0 Å². The summed E-state index contributed by atoms with van der Waals surface area (Å²) >= 11 is 0. The summed E-state index contributed by atoms with van der Waals surface area (Å²) in [6.45, 7) is 0. The number of fused-ring (bicyclic) bond motifs is 1. The molecular weight excluding hydrogens is 168 g/mol. The van der Waals surface area contributed by atoms with Crippen LogP contribution in [0.2, 0.25) is 0 Å². The predicted molar refractivity (Wildman–Crippen MR) is 46.9 cm³/mol. The second-order valence-electron chi connectivity index (χ2n) is 2.65. The van der Waals surface area contributed by atoms with E-state index in [0.717, 1.165) is 6.29 Å². The standard InChI is InChI=1S/C9H6N2O2/c12-4-6-1-2-8-7(3-6)9(5-13)11-10-8/h1-5H,(H,10,11). The minimum absolute atomic E-state index is 0.402. The minimum atomic E-state index is 0.402. The fourth-order valence-electron chi connectivity index (χ4n) is 1.21. The number of hydrogen-bond acceptors (Lipinski definition) is 3. The fourth-order valence-corrected chi connectivity index (χ4v) is 1.21. The van der Waals surface area contributed by atoms with Gasteiger partial charge in [0.25, 0.3) is 0 Å². The van der Waals surface area contributed by atoms with Gasteiger partial charge in [0.15, 0.2) is 6.29 Å². The monoisotopic (exact) mass is 174 g/mol. The zero-order chi connectivity index (χ0) is 9.26. The van der Waals surface area contributed by atoms with Gasteiger partial charge in [0.1, 0.15) is 12.0 Å². The van der Waals surface area contributed by atoms with Gasteiger partial charge in [0, 0.05) is 10.9 Å². The maximum absolute atomic E-state index is 10.5. The highest BCUT2D eigenvalue weighted by Crippen LogP contribution is 2.15. The Morgan fingerprint density at radius 2 is 2.08 bits per heavy atom. The molecule has 0 fully saturated rings. The molecule has 0 aliphatic carbocycles. The van der Waals surface area contributed by atoms with Gasteiger partial charge in [-0.05, 0) is 18.2 Å². The van der Waals surface area contributed by atoms with Crippen LogP contribution in [0.25, 0.3) is 10.9 Å². The van der Waals surface area contributed by atoms with Crippen molar-refractivity contribution in [3.05, 3.63) is 29.5 Å². The van der Waals surface area contributed by atoms with E-state index >= 15 is 0 Å². The Labute approximate surface area is 73.6 Å². The lowest BCUT2D eigenvalue weighted by Crippen LogP contribution is -1.81. The number of H-pyrrole nitrogens is 1. The lowest BCUT2D eigenvalue weighted by Gasteiger charge is -1.89. The van der Waals surface area contributed by atoms with Gasteiger partial charge in [0.05, 0.1) is 5.52 Å². The average molecular weight is 174 g/mol. The Morgan fingerprint density at radius 1 is 1.23 bits per heavy atom. The summed E-state index contributed by atoms with van der Waals surface area (Å²) in [5.41, 5.74) is 1.63. The third kappa shape index (κ3) is 1.12. The number of nitrogens with zero attached hydrogens (tertiary/aromatic N) is 1. The van der Waals surface area contributed by atoms with Crippen LogP contribution in [0.4, 0.5) is 0 Å². The van der Waals surface area contributed by atoms with Gasteiger partial charge in [-0.2, -0.15) is 5.10 Å². The maximum Gasteiger partial charge on any atom is 0.168 e. The van der Waals surface area contributed by atoms with Crippen LogP contribution in [0.15, 0.2) is 18.2 Å². The molecule has 1 heterocycles. The summed E-state index contributed by atoms with van der Waals surface area (Å²) in [5.74, 6) is 0. The van der Waals surface area contributed by atoms with E-state index in [1.165, 1.54) is 0 Å². The SMILES string of the molecule is O=Cc1ccc2n[nH]c(C=O)c2c1. The summed E-state index contributed by atoms with van der Waals surface area (Å²) < 4.78 is 0. The Hall–Kier alpha value is -1.97. The van der Waals surface area contributed by atoms with Crippen molar-refractivity contribution in [1.82, 2.24) is 10.2 Å². The fraction of sp³-hybridized carbons (Fsp3) is 0. The highest BCUT2D eigenvalue weighted by atomic mass is 16.1. The average Bonchev–Trinajstić information content (AvgIpc) is 2.59. The van der Waals surface area contributed by atoms with Gasteiger partial charge >= 0.3 is 0 Å². The summed E-state index contributed by atoms with van der Waals surface area (Å²) in [6, 6.07) is 4.99. The Kier molecular flexibility index (Phi) is 1.66. The van der Waals surface area contributed by atoms with Crippen LogP contribution >= 0.6 is 0 Å². The van der Waals surface area contributed by atoms with Crippen molar-refractivity contribution in [2.75, 3.05) is 0 Å². The number of hydrogen-bond donors (Lipinski definition) is 1. The number of nitrogens with one attached hydrogen (secondary N) is 1. The number of aromatic amines is 1. The summed E-state index contributed by atoms with van der Waals surface area (Å²) in [7, 11) is 0. The molecule has 0 spiro atoms. The van der Waals surface area contributed by atoms with Gasteiger partial charge in [0.2, 0.25) is 0 Å². The van der Waals surface area contributed by atoms with Gasteiger partial charge in [-0.25, -0.2) is 0 Å². The molecule has 2 rings (SSSR count). The molecule has 1 N–H and O–H groups in total. The highest BCUT2D eigenvalue weighted by molar-refractivity contribution is 5.97. The largest absolute Gasteiger partial charge is 0.298 e. The number of carbonyl (C=O) groups is 2. The molecule has 0 atom stereocenters. The molecule has 1 aromatic carbocycles. The third-order valence-electron chi connectivity index (χ3n) is 1.86. The summed E-state index contributed by atoms with van der Waals surface area (Å²) in [6.07, 6.45) is 1.42. The van der Waals surface area contributed by atoms with Gasteiger partial charge in [-0.3, -0.25) is 14.7 Å². The molecule has 0 aliphatic rings. The minimum Gasteiger partial charge on any atom is -0.298 e. The second-order valence-corrected chi connectivity index (χ2v) is 2.65. The number of carbonyl (C=O) groups excluding carboxylic acids is 2. The zero-order valence-electron chi connectivity index (χ0n) is 6.65. The van der Waals surface area contributed by atoms with Crippen LogP contribution in [-0.4, -0.2) is 22.8 Å². The van der Waals surface area contributed by atoms with E-state index < -0.39 is 0 Å². The van der Waals surface area contributed by atoms with E-state index in [1.807, 2.05) is 0 Å². The van der Waals surface area contributed by atoms with Crippen molar-refractivity contribution >= 4 is 23.5 Å². The molecule has 0 aliphatic heterocycles. The van der Waals surface area contributed by atoms with Crippen LogP contribution in [0, 0.1) is 0 Å². The first-order valence-electron chi connectivity index (χ1n) is 3.73. The second kappa shape index (κ2) is 2.82. The van der Waals surface area contributed by atoms with E-state index in [2.05, 4.69) is 10.2 Å². The van der Waals surface area contributed by atoms with E-state index in [-0.39, 0.29) is 0 Å². The molecule has 0 saturated carbocycles. The molecule has 0 saturated heterocycles. The van der Waals surface area contributed by atoms with Crippen molar-refractivity contribution in [3.63, 3.8) is 0 Å². The molecule has 4 nitrogen and oxygen atoms in total. The number of rotatable bonds is 2. The molecule has 13 heavy (non-hydrogen) atoms. The van der Waals surface area contributed by atoms with E-state index in [9.17, 15) is 9.59 Å². The molecule has 1 aromatic heterocycles. The molecule has 0 amide bonds. The smallest absolute Gasteiger partial charge is 0.168 e. The van der Waals surface area contributed by atoms with Gasteiger partial charge in [-0.1, -0.05) is 0 Å². The number of benzene rings is 1. The Bertz CT molecular complexity index is 473. The molecule has 4 heteroatoms. The number of aldehydes is 2. The zero-order valence-corrected chi connectivity index (χ0v) is 6.65. The first kappa shape index (κ1) is 7.67. The Balaban J connectivity index is 2.78. The topological polar surface area (TPSA) is 62.8 Å². The first-order valence-corrected chi connectivity index (χ1v) is 3.73. The van der Waals surface area contributed by atoms with Crippen LogP contribution in [0.5, 0.6) is 0 Å². The summed E-state index contributed by atoms with van der Waals surface area (Å²) in [4.78, 5) is 21.0. The van der Waals surface area contributed by atoms with E-state index in [4.69, 9.17) is 0 Å². The lowest BCUT2D eigenvalue weighted by molar-refractivity contribution is 0.111. The van der Waals surface area contributed by atoms with Crippen molar-refractivity contribution in [2.45, 2.75) is 0 Å². The first-order chi connectivity index (χ1) is 6.35. The van der Waals surface area contributed by atoms with Crippen LogP contribution < -0.4 is 0 Å². The molecule has 64 valence electrons. The molecule has 2 aromatic rings. The lowest BCUT2D eigenvalue weighted by atomic mass is 10.1. The molecule has 0 radical (unpaired) electrons. The van der Waals surface area contributed by atoms with Crippen LogP contribution in [0.1, 0.15) is 20.8 Å². The van der Waals surface area contributed by atoms with E-state index in [0.29, 0.717) is 28.4 Å². The molecule has 0 bridgehead atoms. The van der Waals surface area contributed by atoms with Gasteiger partial charge < -0.3 is 0 Å². The maximum atomic E-state index is 10.5. The van der Waals surface area contributed by atoms with Crippen LogP contribution in [0.3, 0.4) is 0 Å². The van der Waals surface area contributed by atoms with Gasteiger partial charge in [-0.15, -0.1) is 0 Å². The third-order valence-corrected chi connectivity index (χ3v) is 1.86.